The van der Waals surface area contributed by atoms with Gasteiger partial charge in [0.25, 0.3) is 0 Å². The quantitative estimate of drug-likeness (QED) is 0.657. The molecule has 0 radical (unpaired) electrons. The molecule has 0 saturated carbocycles. The number of aryl methyl sites for hydroxylation is 1. The number of hydrogen-bond acceptors (Lipinski definition) is 5. The van der Waals surface area contributed by atoms with Gasteiger partial charge >= 0.3 is 11.7 Å². The Morgan fingerprint density at radius 1 is 1.57 bits per heavy atom. The second-order valence-electron chi connectivity index (χ2n) is 5.68. The minimum absolute atomic E-state index is 0.00443. The highest BCUT2D eigenvalue weighted by atomic mass is 16.6. The van der Waals surface area contributed by atoms with E-state index in [2.05, 4.69) is 5.10 Å². The molecule has 21 heavy (non-hydrogen) atoms. The lowest BCUT2D eigenvalue weighted by Gasteiger charge is -2.24. The summed E-state index contributed by atoms with van der Waals surface area (Å²) in [5.41, 5.74) is 0.447. The topological polar surface area (TPSA) is 102 Å². The highest BCUT2D eigenvalue weighted by Crippen LogP contribution is 2.39. The maximum atomic E-state index is 11.5. The third-order valence-electron chi connectivity index (χ3n) is 3.81. The zero-order chi connectivity index (χ0) is 15.7. The van der Waals surface area contributed by atoms with E-state index in [9.17, 15) is 14.9 Å². The van der Waals surface area contributed by atoms with Crippen LogP contribution in [0, 0.1) is 10.1 Å². The van der Waals surface area contributed by atoms with Crippen molar-refractivity contribution in [1.29, 1.82) is 0 Å². The van der Waals surface area contributed by atoms with Gasteiger partial charge in [-0.3, -0.25) is 14.9 Å². The Bertz CT molecular complexity index is 567. The molecule has 1 aliphatic rings. The Balaban J connectivity index is 2.47. The number of carbonyl (C=O) groups is 1. The first-order valence-corrected chi connectivity index (χ1v) is 7.02. The number of nitro groups is 1. The molecule has 1 fully saturated rings. The molecule has 2 rings (SSSR count). The van der Waals surface area contributed by atoms with Gasteiger partial charge in [0.1, 0.15) is 5.69 Å². The van der Waals surface area contributed by atoms with Gasteiger partial charge in [-0.25, -0.2) is 4.68 Å². The molecular weight excluding hydrogens is 276 g/mol. The summed E-state index contributed by atoms with van der Waals surface area (Å²) in [6.45, 7) is 4.34. The first-order chi connectivity index (χ1) is 9.82. The van der Waals surface area contributed by atoms with Gasteiger partial charge in [0.2, 0.25) is 5.82 Å². The Kier molecular flexibility index (Phi) is 4.15. The standard InChI is InChI=1S/C13H20N4O4/c1-8(2)11-12(17(20)21)13(15(3)14-11)16-6-4-5-9(16)7-10(18)19/h8-9H,4-7H2,1-3H3,(H,18,19). The molecule has 0 spiro atoms. The summed E-state index contributed by atoms with van der Waals surface area (Å²) in [6, 6.07) is -0.211. The third kappa shape index (κ3) is 2.84. The Morgan fingerprint density at radius 2 is 2.24 bits per heavy atom. The molecular formula is C13H20N4O4. The van der Waals surface area contributed by atoms with Crippen LogP contribution in [-0.4, -0.2) is 38.4 Å². The van der Waals surface area contributed by atoms with E-state index in [4.69, 9.17) is 5.11 Å². The van der Waals surface area contributed by atoms with Crippen LogP contribution >= 0.6 is 0 Å². The van der Waals surface area contributed by atoms with Crippen molar-refractivity contribution in [2.24, 2.45) is 7.05 Å². The van der Waals surface area contributed by atoms with Gasteiger partial charge in [0.05, 0.1) is 11.3 Å². The van der Waals surface area contributed by atoms with Gasteiger partial charge in [0, 0.05) is 25.6 Å². The van der Waals surface area contributed by atoms with E-state index in [-0.39, 0.29) is 24.1 Å². The molecule has 1 atom stereocenters. The van der Waals surface area contributed by atoms with Gasteiger partial charge in [-0.1, -0.05) is 13.8 Å². The molecule has 1 unspecified atom stereocenters. The van der Waals surface area contributed by atoms with Gasteiger partial charge < -0.3 is 10.0 Å². The summed E-state index contributed by atoms with van der Waals surface area (Å²) in [7, 11) is 1.67. The molecule has 1 saturated heterocycles. The summed E-state index contributed by atoms with van der Waals surface area (Å²) in [4.78, 5) is 23.8. The molecule has 2 heterocycles. The second kappa shape index (κ2) is 5.71. The highest BCUT2D eigenvalue weighted by molar-refractivity contribution is 5.70. The van der Waals surface area contributed by atoms with Crippen LogP contribution in [0.15, 0.2) is 0 Å². The van der Waals surface area contributed by atoms with Crippen molar-refractivity contribution in [3.63, 3.8) is 0 Å². The minimum Gasteiger partial charge on any atom is -0.481 e. The first-order valence-electron chi connectivity index (χ1n) is 7.02. The molecule has 0 amide bonds. The summed E-state index contributed by atoms with van der Waals surface area (Å²) in [5.74, 6) is -0.529. The van der Waals surface area contributed by atoms with Crippen molar-refractivity contribution in [1.82, 2.24) is 9.78 Å². The van der Waals surface area contributed by atoms with Gasteiger partial charge in [0.15, 0.2) is 0 Å². The number of anilines is 1. The van der Waals surface area contributed by atoms with Crippen LogP contribution in [0.5, 0.6) is 0 Å². The zero-order valence-corrected chi connectivity index (χ0v) is 12.4. The van der Waals surface area contributed by atoms with Crippen molar-refractivity contribution >= 4 is 17.5 Å². The zero-order valence-electron chi connectivity index (χ0n) is 12.4. The van der Waals surface area contributed by atoms with Crippen LogP contribution in [0.3, 0.4) is 0 Å². The number of carboxylic acid groups (broad SMARTS) is 1. The van der Waals surface area contributed by atoms with Gasteiger partial charge in [-0.2, -0.15) is 5.10 Å². The van der Waals surface area contributed by atoms with Crippen LogP contribution in [0.1, 0.15) is 44.7 Å². The van der Waals surface area contributed by atoms with Crippen molar-refractivity contribution in [2.75, 3.05) is 11.4 Å². The van der Waals surface area contributed by atoms with E-state index in [1.807, 2.05) is 18.7 Å². The normalized spacial score (nSPS) is 18.5. The van der Waals surface area contributed by atoms with Gasteiger partial charge in [-0.05, 0) is 12.8 Å². The Hall–Kier alpha value is -2.12. The monoisotopic (exact) mass is 296 g/mol. The third-order valence-corrected chi connectivity index (χ3v) is 3.81. The van der Waals surface area contributed by atoms with Crippen LogP contribution in [0.4, 0.5) is 11.5 Å². The van der Waals surface area contributed by atoms with E-state index in [1.165, 1.54) is 4.68 Å². The summed E-state index contributed by atoms with van der Waals surface area (Å²) in [6.07, 6.45) is 1.54. The summed E-state index contributed by atoms with van der Waals surface area (Å²) < 4.78 is 1.51. The predicted octanol–water partition coefficient (Wildman–Crippen LogP) is 1.90. The fourth-order valence-corrected chi connectivity index (χ4v) is 2.94. The average molecular weight is 296 g/mol. The van der Waals surface area contributed by atoms with Crippen molar-refractivity contribution in [3.05, 3.63) is 15.8 Å². The lowest BCUT2D eigenvalue weighted by Crippen LogP contribution is -2.33. The predicted molar refractivity (Wildman–Crippen MR) is 76.6 cm³/mol. The maximum Gasteiger partial charge on any atom is 0.334 e. The molecule has 8 nitrogen and oxygen atoms in total. The van der Waals surface area contributed by atoms with E-state index < -0.39 is 10.9 Å². The molecule has 1 aromatic heterocycles. The average Bonchev–Trinajstić information content (AvgIpc) is 2.92. The van der Waals surface area contributed by atoms with E-state index >= 15 is 0 Å². The van der Waals surface area contributed by atoms with Crippen molar-refractivity contribution < 1.29 is 14.8 Å². The molecule has 1 N–H and O–H groups in total. The Morgan fingerprint density at radius 3 is 2.76 bits per heavy atom. The molecule has 0 aliphatic carbocycles. The largest absolute Gasteiger partial charge is 0.481 e. The van der Waals surface area contributed by atoms with Crippen LogP contribution < -0.4 is 4.90 Å². The molecule has 0 aromatic carbocycles. The number of rotatable bonds is 5. The molecule has 0 bridgehead atoms. The van der Waals surface area contributed by atoms with Crippen LogP contribution in [-0.2, 0) is 11.8 Å². The smallest absolute Gasteiger partial charge is 0.334 e. The van der Waals surface area contributed by atoms with Gasteiger partial charge in [-0.15, -0.1) is 0 Å². The number of hydrogen-bond donors (Lipinski definition) is 1. The number of aliphatic carboxylic acids is 1. The molecule has 1 aromatic rings. The molecule has 116 valence electrons. The summed E-state index contributed by atoms with van der Waals surface area (Å²) in [5, 5.41) is 24.7. The lowest BCUT2D eigenvalue weighted by molar-refractivity contribution is -0.385. The van der Waals surface area contributed by atoms with Crippen LogP contribution in [0.2, 0.25) is 0 Å². The Labute approximate surface area is 122 Å². The number of nitrogens with zero attached hydrogens (tertiary/aromatic N) is 4. The van der Waals surface area contributed by atoms with E-state index in [1.54, 1.807) is 7.05 Å². The maximum absolute atomic E-state index is 11.5. The fraction of sp³-hybridized carbons (Fsp3) is 0.692. The van der Waals surface area contributed by atoms with Crippen LogP contribution in [0.25, 0.3) is 0 Å². The first kappa shape index (κ1) is 15.3. The van der Waals surface area contributed by atoms with Crippen molar-refractivity contribution in [3.8, 4) is 0 Å². The minimum atomic E-state index is -0.888. The van der Waals surface area contributed by atoms with Crippen molar-refractivity contribution in [2.45, 2.75) is 45.1 Å². The highest BCUT2D eigenvalue weighted by Gasteiger charge is 2.37. The second-order valence-corrected chi connectivity index (χ2v) is 5.68. The summed E-state index contributed by atoms with van der Waals surface area (Å²) >= 11 is 0. The van der Waals surface area contributed by atoms with E-state index in [0.29, 0.717) is 18.1 Å². The fourth-order valence-electron chi connectivity index (χ4n) is 2.94. The lowest BCUT2D eigenvalue weighted by atomic mass is 10.1. The number of aromatic nitrogens is 2. The molecule has 8 heteroatoms. The number of carboxylic acids is 1. The molecule has 1 aliphatic heterocycles. The SMILES string of the molecule is CC(C)c1nn(C)c(N2CCCC2CC(=O)O)c1[N+](=O)[O-]. The van der Waals surface area contributed by atoms with E-state index in [0.717, 1.165) is 12.8 Å².